The van der Waals surface area contributed by atoms with Gasteiger partial charge in [-0.25, -0.2) is 0 Å². The quantitative estimate of drug-likeness (QED) is 0.645. The predicted molar refractivity (Wildman–Crippen MR) is 71.0 cm³/mol. The monoisotopic (exact) mass is 239 g/mol. The summed E-state index contributed by atoms with van der Waals surface area (Å²) in [5.74, 6) is 0.108. The molecule has 1 aliphatic heterocycles. The van der Waals surface area contributed by atoms with Crippen molar-refractivity contribution in [2.75, 3.05) is 32.7 Å². The fourth-order valence-electron chi connectivity index (χ4n) is 2.28. The summed E-state index contributed by atoms with van der Waals surface area (Å²) in [6.07, 6.45) is 5.11. The molecule has 0 bridgehead atoms. The van der Waals surface area contributed by atoms with E-state index in [1.165, 1.54) is 0 Å². The number of carbonyl (C=O) groups is 1. The van der Waals surface area contributed by atoms with Crippen LogP contribution in [-0.2, 0) is 4.79 Å². The van der Waals surface area contributed by atoms with Gasteiger partial charge >= 0.3 is 0 Å². The van der Waals surface area contributed by atoms with E-state index in [4.69, 9.17) is 0 Å². The van der Waals surface area contributed by atoms with E-state index < -0.39 is 0 Å². The minimum atomic E-state index is 0.108. The standard InChI is InChI=1S/C13H25N3O/c1-3-7-15-13(17)11-16(10-4-2)12-5-8-14-9-6-12/h3,12,14H,1,4-11H2,2H3,(H,15,17). The highest BCUT2D eigenvalue weighted by molar-refractivity contribution is 5.78. The number of hydrogen-bond acceptors (Lipinski definition) is 3. The van der Waals surface area contributed by atoms with Gasteiger partial charge < -0.3 is 10.6 Å². The summed E-state index contributed by atoms with van der Waals surface area (Å²) in [5, 5.41) is 6.20. The summed E-state index contributed by atoms with van der Waals surface area (Å²) in [5.41, 5.74) is 0. The van der Waals surface area contributed by atoms with E-state index in [-0.39, 0.29) is 5.91 Å². The number of carbonyl (C=O) groups excluding carboxylic acids is 1. The Balaban J connectivity index is 2.40. The highest BCUT2D eigenvalue weighted by Gasteiger charge is 2.21. The van der Waals surface area contributed by atoms with Crippen LogP contribution in [0, 0.1) is 0 Å². The van der Waals surface area contributed by atoms with Gasteiger partial charge in [-0.2, -0.15) is 0 Å². The fourth-order valence-corrected chi connectivity index (χ4v) is 2.28. The maximum Gasteiger partial charge on any atom is 0.234 e. The van der Waals surface area contributed by atoms with Gasteiger partial charge in [0.25, 0.3) is 0 Å². The Morgan fingerprint density at radius 1 is 1.53 bits per heavy atom. The summed E-state index contributed by atoms with van der Waals surface area (Å²) < 4.78 is 0. The van der Waals surface area contributed by atoms with Crippen LogP contribution in [-0.4, -0.2) is 49.6 Å². The Labute approximate surface area is 104 Å². The predicted octanol–water partition coefficient (Wildman–Crippen LogP) is 0.753. The van der Waals surface area contributed by atoms with Crippen LogP contribution in [0.15, 0.2) is 12.7 Å². The van der Waals surface area contributed by atoms with E-state index in [1.807, 2.05) is 0 Å². The Morgan fingerprint density at radius 3 is 2.82 bits per heavy atom. The average Bonchev–Trinajstić information content (AvgIpc) is 2.37. The molecule has 4 nitrogen and oxygen atoms in total. The largest absolute Gasteiger partial charge is 0.352 e. The molecule has 0 radical (unpaired) electrons. The highest BCUT2D eigenvalue weighted by atomic mass is 16.2. The van der Waals surface area contributed by atoms with Crippen molar-refractivity contribution >= 4 is 5.91 Å². The molecular weight excluding hydrogens is 214 g/mol. The zero-order chi connectivity index (χ0) is 12.5. The van der Waals surface area contributed by atoms with E-state index >= 15 is 0 Å². The van der Waals surface area contributed by atoms with Gasteiger partial charge in [-0.05, 0) is 38.9 Å². The fraction of sp³-hybridized carbons (Fsp3) is 0.769. The maximum atomic E-state index is 11.7. The van der Waals surface area contributed by atoms with Crippen LogP contribution in [0.25, 0.3) is 0 Å². The van der Waals surface area contributed by atoms with E-state index in [2.05, 4.69) is 29.0 Å². The van der Waals surface area contributed by atoms with Crippen molar-refractivity contribution in [3.63, 3.8) is 0 Å². The molecule has 17 heavy (non-hydrogen) atoms. The first-order valence-electron chi connectivity index (χ1n) is 6.60. The second-order valence-corrected chi connectivity index (χ2v) is 4.54. The zero-order valence-electron chi connectivity index (χ0n) is 10.9. The first kappa shape index (κ1) is 14.2. The van der Waals surface area contributed by atoms with Crippen LogP contribution in [0.5, 0.6) is 0 Å². The van der Waals surface area contributed by atoms with Crippen LogP contribution in [0.4, 0.5) is 0 Å². The van der Waals surface area contributed by atoms with Crippen molar-refractivity contribution in [1.82, 2.24) is 15.5 Å². The molecule has 4 heteroatoms. The molecule has 1 rings (SSSR count). The van der Waals surface area contributed by atoms with Gasteiger partial charge in [0, 0.05) is 12.6 Å². The number of nitrogens with one attached hydrogen (secondary N) is 2. The topological polar surface area (TPSA) is 44.4 Å². The summed E-state index contributed by atoms with van der Waals surface area (Å²) >= 11 is 0. The zero-order valence-corrected chi connectivity index (χ0v) is 10.9. The van der Waals surface area contributed by atoms with Crippen molar-refractivity contribution < 1.29 is 4.79 Å². The molecule has 1 amide bonds. The molecule has 0 aromatic rings. The minimum Gasteiger partial charge on any atom is -0.352 e. The number of rotatable bonds is 7. The lowest BCUT2D eigenvalue weighted by Crippen LogP contribution is -2.47. The molecule has 0 saturated carbocycles. The molecule has 1 saturated heterocycles. The maximum absolute atomic E-state index is 11.7. The Bertz CT molecular complexity index is 237. The summed E-state index contributed by atoms with van der Waals surface area (Å²) in [4.78, 5) is 14.0. The van der Waals surface area contributed by atoms with Gasteiger partial charge in [0.05, 0.1) is 6.54 Å². The third kappa shape index (κ3) is 5.33. The second-order valence-electron chi connectivity index (χ2n) is 4.54. The van der Waals surface area contributed by atoms with Gasteiger partial charge in [0.2, 0.25) is 5.91 Å². The smallest absolute Gasteiger partial charge is 0.234 e. The molecule has 2 N–H and O–H groups in total. The summed E-state index contributed by atoms with van der Waals surface area (Å²) in [7, 11) is 0. The Hall–Kier alpha value is -0.870. The molecule has 0 spiro atoms. The third-order valence-electron chi connectivity index (χ3n) is 3.13. The first-order chi connectivity index (χ1) is 8.27. The number of piperidine rings is 1. The molecule has 0 atom stereocenters. The SMILES string of the molecule is C=CCNC(=O)CN(CCC)C1CCNCC1. The van der Waals surface area contributed by atoms with E-state index in [0.717, 1.165) is 38.9 Å². The van der Waals surface area contributed by atoms with E-state index in [9.17, 15) is 4.79 Å². The van der Waals surface area contributed by atoms with Gasteiger partial charge in [-0.3, -0.25) is 9.69 Å². The number of nitrogens with zero attached hydrogens (tertiary/aromatic N) is 1. The molecular formula is C13H25N3O. The number of hydrogen-bond donors (Lipinski definition) is 2. The lowest BCUT2D eigenvalue weighted by atomic mass is 10.0. The van der Waals surface area contributed by atoms with Crippen LogP contribution in [0.1, 0.15) is 26.2 Å². The average molecular weight is 239 g/mol. The van der Waals surface area contributed by atoms with Crippen molar-refractivity contribution in [3.05, 3.63) is 12.7 Å². The molecule has 1 heterocycles. The number of amides is 1. The van der Waals surface area contributed by atoms with Gasteiger partial charge in [-0.15, -0.1) is 6.58 Å². The van der Waals surface area contributed by atoms with Crippen molar-refractivity contribution in [2.24, 2.45) is 0 Å². The van der Waals surface area contributed by atoms with Crippen LogP contribution < -0.4 is 10.6 Å². The van der Waals surface area contributed by atoms with Crippen LogP contribution in [0.3, 0.4) is 0 Å². The first-order valence-corrected chi connectivity index (χ1v) is 6.60. The highest BCUT2D eigenvalue weighted by Crippen LogP contribution is 2.11. The van der Waals surface area contributed by atoms with Crippen LogP contribution in [0.2, 0.25) is 0 Å². The second kappa shape index (κ2) is 8.25. The minimum absolute atomic E-state index is 0.108. The van der Waals surface area contributed by atoms with Crippen molar-refractivity contribution in [1.29, 1.82) is 0 Å². The Morgan fingerprint density at radius 2 is 2.24 bits per heavy atom. The molecule has 1 aliphatic rings. The van der Waals surface area contributed by atoms with Crippen molar-refractivity contribution in [3.8, 4) is 0 Å². The van der Waals surface area contributed by atoms with Gasteiger partial charge in [0.1, 0.15) is 0 Å². The summed E-state index contributed by atoms with van der Waals surface area (Å²) in [6.45, 7) is 9.99. The molecule has 0 unspecified atom stereocenters. The van der Waals surface area contributed by atoms with Gasteiger partial charge in [-0.1, -0.05) is 13.0 Å². The molecule has 0 aromatic carbocycles. The lowest BCUT2D eigenvalue weighted by Gasteiger charge is -2.33. The van der Waals surface area contributed by atoms with Crippen molar-refractivity contribution in [2.45, 2.75) is 32.2 Å². The Kier molecular flexibility index (Phi) is 6.89. The van der Waals surface area contributed by atoms with Gasteiger partial charge in [0.15, 0.2) is 0 Å². The molecule has 0 aliphatic carbocycles. The lowest BCUT2D eigenvalue weighted by molar-refractivity contribution is -0.122. The summed E-state index contributed by atoms with van der Waals surface area (Å²) in [6, 6.07) is 0.561. The third-order valence-corrected chi connectivity index (χ3v) is 3.13. The molecule has 98 valence electrons. The normalized spacial score (nSPS) is 17.1. The van der Waals surface area contributed by atoms with Crippen LogP contribution >= 0.6 is 0 Å². The van der Waals surface area contributed by atoms with E-state index in [1.54, 1.807) is 6.08 Å². The molecule has 0 aromatic heterocycles. The van der Waals surface area contributed by atoms with E-state index in [0.29, 0.717) is 19.1 Å². The molecule has 1 fully saturated rings.